The first kappa shape index (κ1) is 19.8. The van der Waals surface area contributed by atoms with Crippen molar-refractivity contribution in [3.8, 4) is 22.9 Å². The second kappa shape index (κ2) is 9.80. The monoisotopic (exact) mass is 398 g/mol. The molecule has 3 rings (SSSR count). The Kier molecular flexibility index (Phi) is 6.91. The Bertz CT molecular complexity index is 898. The normalized spacial score (nSPS) is 10.5. The van der Waals surface area contributed by atoms with Crippen molar-refractivity contribution in [3.63, 3.8) is 0 Å². The molecule has 0 spiro atoms. The number of hydrogen-bond donors (Lipinski definition) is 1. The van der Waals surface area contributed by atoms with Crippen LogP contribution in [0.3, 0.4) is 0 Å². The van der Waals surface area contributed by atoms with Gasteiger partial charge in [0.2, 0.25) is 5.91 Å². The van der Waals surface area contributed by atoms with Crippen molar-refractivity contribution in [1.82, 2.24) is 20.1 Å². The van der Waals surface area contributed by atoms with Gasteiger partial charge in [-0.2, -0.15) is 0 Å². The number of rotatable bonds is 9. The van der Waals surface area contributed by atoms with Gasteiger partial charge in [-0.3, -0.25) is 4.79 Å². The number of thioether (sulfide) groups is 1. The van der Waals surface area contributed by atoms with Crippen LogP contribution < -0.4 is 14.8 Å². The molecule has 0 radical (unpaired) electrons. The van der Waals surface area contributed by atoms with Crippen molar-refractivity contribution in [2.24, 2.45) is 7.05 Å². The van der Waals surface area contributed by atoms with Gasteiger partial charge in [-0.05, 0) is 36.4 Å². The van der Waals surface area contributed by atoms with Crippen molar-refractivity contribution < 1.29 is 14.3 Å². The summed E-state index contributed by atoms with van der Waals surface area (Å²) in [4.78, 5) is 12.0. The SMILES string of the molecule is COc1ccc(-c2nnc(SCC(=O)NCCOc3ccccc3)n2C)cc1. The Morgan fingerprint density at radius 1 is 1.07 bits per heavy atom. The molecule has 1 aromatic heterocycles. The van der Waals surface area contributed by atoms with Crippen LogP contribution in [0.4, 0.5) is 0 Å². The van der Waals surface area contributed by atoms with Gasteiger partial charge in [0.25, 0.3) is 0 Å². The zero-order chi connectivity index (χ0) is 19.8. The molecule has 2 aromatic carbocycles. The van der Waals surface area contributed by atoms with Gasteiger partial charge >= 0.3 is 0 Å². The molecule has 3 aromatic rings. The first-order chi connectivity index (χ1) is 13.7. The largest absolute Gasteiger partial charge is 0.497 e. The number of carbonyl (C=O) groups is 1. The zero-order valence-electron chi connectivity index (χ0n) is 15.8. The van der Waals surface area contributed by atoms with Crippen LogP contribution in [0.15, 0.2) is 59.8 Å². The van der Waals surface area contributed by atoms with Crippen molar-refractivity contribution >= 4 is 17.7 Å². The number of hydrogen-bond acceptors (Lipinski definition) is 6. The first-order valence-electron chi connectivity index (χ1n) is 8.78. The molecule has 0 aliphatic rings. The fourth-order valence-electron chi connectivity index (χ4n) is 2.49. The van der Waals surface area contributed by atoms with E-state index in [1.165, 1.54) is 11.8 Å². The summed E-state index contributed by atoms with van der Waals surface area (Å²) in [5.74, 6) is 2.50. The zero-order valence-corrected chi connectivity index (χ0v) is 16.6. The maximum Gasteiger partial charge on any atom is 0.230 e. The van der Waals surface area contributed by atoms with Gasteiger partial charge in [-0.1, -0.05) is 30.0 Å². The van der Waals surface area contributed by atoms with Crippen LogP contribution >= 0.6 is 11.8 Å². The lowest BCUT2D eigenvalue weighted by Crippen LogP contribution is -2.29. The van der Waals surface area contributed by atoms with Crippen molar-refractivity contribution in [2.75, 3.05) is 26.0 Å². The number of carbonyl (C=O) groups excluding carboxylic acids is 1. The van der Waals surface area contributed by atoms with E-state index < -0.39 is 0 Å². The lowest BCUT2D eigenvalue weighted by molar-refractivity contribution is -0.118. The standard InChI is InChI=1S/C20H22N4O3S/c1-24-19(15-8-10-16(26-2)11-9-15)22-23-20(24)28-14-18(25)21-12-13-27-17-6-4-3-5-7-17/h3-11H,12-14H2,1-2H3,(H,21,25). The quantitative estimate of drug-likeness (QED) is 0.441. The van der Waals surface area contributed by atoms with Crippen LogP contribution in [-0.4, -0.2) is 46.7 Å². The molecule has 1 heterocycles. The summed E-state index contributed by atoms with van der Waals surface area (Å²) >= 11 is 1.34. The molecule has 7 nitrogen and oxygen atoms in total. The number of aromatic nitrogens is 3. The number of para-hydroxylation sites is 1. The van der Waals surface area contributed by atoms with Gasteiger partial charge in [0.05, 0.1) is 19.4 Å². The van der Waals surface area contributed by atoms with Gasteiger partial charge in [0, 0.05) is 12.6 Å². The van der Waals surface area contributed by atoms with E-state index in [0.29, 0.717) is 18.3 Å². The molecule has 0 bridgehead atoms. The third-order valence-corrected chi connectivity index (χ3v) is 4.97. The molecule has 0 saturated carbocycles. The van der Waals surface area contributed by atoms with Crippen molar-refractivity contribution in [3.05, 3.63) is 54.6 Å². The molecule has 0 saturated heterocycles. The van der Waals surface area contributed by atoms with Crippen LogP contribution in [0.2, 0.25) is 0 Å². The number of methoxy groups -OCH3 is 1. The topological polar surface area (TPSA) is 78.3 Å². The van der Waals surface area contributed by atoms with Crippen LogP contribution in [0.25, 0.3) is 11.4 Å². The molecular formula is C20H22N4O3S. The summed E-state index contributed by atoms with van der Waals surface area (Å²) in [5.41, 5.74) is 0.935. The summed E-state index contributed by atoms with van der Waals surface area (Å²) in [7, 11) is 3.51. The van der Waals surface area contributed by atoms with Crippen LogP contribution in [-0.2, 0) is 11.8 Å². The highest BCUT2D eigenvalue weighted by molar-refractivity contribution is 7.99. The Morgan fingerprint density at radius 3 is 2.54 bits per heavy atom. The third-order valence-electron chi connectivity index (χ3n) is 3.95. The highest BCUT2D eigenvalue weighted by Crippen LogP contribution is 2.24. The van der Waals surface area contributed by atoms with E-state index in [1.807, 2.05) is 66.2 Å². The van der Waals surface area contributed by atoms with Crippen molar-refractivity contribution in [2.45, 2.75) is 5.16 Å². The molecular weight excluding hydrogens is 376 g/mol. The Labute approximate surface area is 168 Å². The fourth-order valence-corrected chi connectivity index (χ4v) is 3.23. The lowest BCUT2D eigenvalue weighted by atomic mass is 10.2. The molecule has 0 aliphatic heterocycles. The predicted octanol–water partition coefficient (Wildman–Crippen LogP) is 2.78. The van der Waals surface area contributed by atoms with Crippen molar-refractivity contribution in [1.29, 1.82) is 0 Å². The summed E-state index contributed by atoms with van der Waals surface area (Å²) in [6.07, 6.45) is 0. The smallest absolute Gasteiger partial charge is 0.230 e. The number of benzene rings is 2. The van der Waals surface area contributed by atoms with E-state index in [0.717, 1.165) is 22.9 Å². The number of nitrogens with zero attached hydrogens (tertiary/aromatic N) is 3. The van der Waals surface area contributed by atoms with E-state index >= 15 is 0 Å². The molecule has 1 amide bonds. The Morgan fingerprint density at radius 2 is 1.82 bits per heavy atom. The first-order valence-corrected chi connectivity index (χ1v) is 9.77. The molecule has 28 heavy (non-hydrogen) atoms. The average Bonchev–Trinajstić information content (AvgIpc) is 3.11. The minimum Gasteiger partial charge on any atom is -0.497 e. The summed E-state index contributed by atoms with van der Waals surface area (Å²) in [6.45, 7) is 0.871. The molecule has 0 atom stereocenters. The molecule has 0 aliphatic carbocycles. The third kappa shape index (κ3) is 5.26. The summed E-state index contributed by atoms with van der Waals surface area (Å²) in [6, 6.07) is 17.1. The molecule has 1 N–H and O–H groups in total. The van der Waals surface area contributed by atoms with E-state index in [2.05, 4.69) is 15.5 Å². The van der Waals surface area contributed by atoms with Crippen LogP contribution in [0.1, 0.15) is 0 Å². The number of amides is 1. The van der Waals surface area contributed by atoms with E-state index in [4.69, 9.17) is 9.47 Å². The van der Waals surface area contributed by atoms with E-state index in [1.54, 1.807) is 7.11 Å². The van der Waals surface area contributed by atoms with E-state index in [-0.39, 0.29) is 11.7 Å². The maximum absolute atomic E-state index is 12.0. The van der Waals surface area contributed by atoms with Crippen LogP contribution in [0, 0.1) is 0 Å². The maximum atomic E-state index is 12.0. The van der Waals surface area contributed by atoms with Gasteiger partial charge in [0.15, 0.2) is 11.0 Å². The predicted molar refractivity (Wildman–Crippen MR) is 109 cm³/mol. The van der Waals surface area contributed by atoms with Gasteiger partial charge in [-0.15, -0.1) is 10.2 Å². The minimum atomic E-state index is -0.0735. The minimum absolute atomic E-state index is 0.0735. The van der Waals surface area contributed by atoms with Gasteiger partial charge in [-0.25, -0.2) is 0 Å². The van der Waals surface area contributed by atoms with Gasteiger partial charge in [0.1, 0.15) is 18.1 Å². The van der Waals surface area contributed by atoms with Gasteiger partial charge < -0.3 is 19.4 Å². The number of nitrogens with one attached hydrogen (secondary N) is 1. The summed E-state index contributed by atoms with van der Waals surface area (Å²) < 4.78 is 12.6. The van der Waals surface area contributed by atoms with Crippen LogP contribution in [0.5, 0.6) is 11.5 Å². The Hall–Kier alpha value is -3.00. The summed E-state index contributed by atoms with van der Waals surface area (Å²) in [5, 5.41) is 11.9. The molecule has 146 valence electrons. The number of ether oxygens (including phenoxy) is 2. The highest BCUT2D eigenvalue weighted by Gasteiger charge is 2.13. The second-order valence-corrected chi connectivity index (χ2v) is 6.84. The Balaban J connectivity index is 1.45. The molecule has 0 unspecified atom stereocenters. The second-order valence-electron chi connectivity index (χ2n) is 5.89. The fraction of sp³-hybridized carbons (Fsp3) is 0.250. The van der Waals surface area contributed by atoms with E-state index in [9.17, 15) is 4.79 Å². The average molecular weight is 398 g/mol. The molecule has 0 fully saturated rings. The lowest BCUT2D eigenvalue weighted by Gasteiger charge is -2.08. The highest BCUT2D eigenvalue weighted by atomic mass is 32.2. The molecule has 8 heteroatoms.